The van der Waals surface area contributed by atoms with Gasteiger partial charge in [0, 0.05) is 19.6 Å². The minimum atomic E-state index is -4.51. The number of alkyl halides is 3. The first-order valence-electron chi connectivity index (χ1n) is 6.58. The molecule has 1 saturated heterocycles. The molecule has 1 unspecified atom stereocenters. The third kappa shape index (κ3) is 1.90. The third-order valence-electron chi connectivity index (χ3n) is 4.24. The summed E-state index contributed by atoms with van der Waals surface area (Å²) in [6.45, 7) is 0.452. The van der Waals surface area contributed by atoms with Crippen molar-refractivity contribution in [3.05, 3.63) is 35.4 Å². The average molecular weight is 284 g/mol. The van der Waals surface area contributed by atoms with Crippen molar-refractivity contribution in [3.63, 3.8) is 0 Å². The molecule has 1 amide bonds. The molecule has 1 aromatic carbocycles. The molecule has 3 nitrogen and oxygen atoms in total. The maximum atomic E-state index is 13.4. The van der Waals surface area contributed by atoms with Gasteiger partial charge in [-0.05, 0) is 24.1 Å². The van der Waals surface area contributed by atoms with Gasteiger partial charge < -0.3 is 10.2 Å². The minimum Gasteiger partial charge on any atom is -0.333 e. The number of amides is 1. The van der Waals surface area contributed by atoms with E-state index in [-0.39, 0.29) is 32.6 Å². The molecule has 0 saturated carbocycles. The number of fused-ring (bicyclic) bond motifs is 1. The molecule has 1 N–H and O–H groups in total. The zero-order valence-electron chi connectivity index (χ0n) is 10.8. The van der Waals surface area contributed by atoms with Gasteiger partial charge in [-0.3, -0.25) is 4.79 Å². The fourth-order valence-electron chi connectivity index (χ4n) is 3.02. The van der Waals surface area contributed by atoms with Crippen LogP contribution in [0.2, 0.25) is 0 Å². The molecule has 2 aliphatic rings. The molecule has 0 aromatic heterocycles. The van der Waals surface area contributed by atoms with Crippen molar-refractivity contribution in [1.82, 2.24) is 10.2 Å². The summed E-state index contributed by atoms with van der Waals surface area (Å²) < 4.78 is 40.1. The summed E-state index contributed by atoms with van der Waals surface area (Å²) in [7, 11) is 0. The van der Waals surface area contributed by atoms with Crippen molar-refractivity contribution in [1.29, 1.82) is 0 Å². The summed E-state index contributed by atoms with van der Waals surface area (Å²) in [4.78, 5) is 13.8. The van der Waals surface area contributed by atoms with Gasteiger partial charge in [-0.15, -0.1) is 0 Å². The van der Waals surface area contributed by atoms with Gasteiger partial charge in [0.1, 0.15) is 0 Å². The second kappa shape index (κ2) is 4.48. The highest BCUT2D eigenvalue weighted by Crippen LogP contribution is 2.45. The first-order valence-corrected chi connectivity index (χ1v) is 6.58. The van der Waals surface area contributed by atoms with E-state index in [0.29, 0.717) is 0 Å². The molecule has 1 fully saturated rings. The van der Waals surface area contributed by atoms with Gasteiger partial charge in [-0.1, -0.05) is 24.3 Å². The third-order valence-corrected chi connectivity index (χ3v) is 4.24. The molecule has 0 aliphatic carbocycles. The standard InChI is InChI=1S/C14H15F3N2O/c15-14(16,17)13(5-6-18-9-13)12(20)19-7-10-3-1-2-4-11(10)8-19/h1-4,18H,5-9H2. The summed E-state index contributed by atoms with van der Waals surface area (Å²) in [5.74, 6) is -0.800. The van der Waals surface area contributed by atoms with Crippen LogP contribution >= 0.6 is 0 Å². The predicted molar refractivity (Wildman–Crippen MR) is 66.7 cm³/mol. The summed E-state index contributed by atoms with van der Waals surface area (Å²) >= 11 is 0. The van der Waals surface area contributed by atoms with Gasteiger partial charge in [0.05, 0.1) is 0 Å². The van der Waals surface area contributed by atoms with Crippen LogP contribution in [0.1, 0.15) is 17.5 Å². The minimum absolute atomic E-state index is 0.178. The van der Waals surface area contributed by atoms with Crippen molar-refractivity contribution in [2.24, 2.45) is 5.41 Å². The lowest BCUT2D eigenvalue weighted by Crippen LogP contribution is -2.52. The fourth-order valence-corrected chi connectivity index (χ4v) is 3.02. The molecule has 0 bridgehead atoms. The highest BCUT2D eigenvalue weighted by molar-refractivity contribution is 5.85. The SMILES string of the molecule is O=C(N1Cc2ccccc2C1)C1(C(F)(F)F)CCNC1. The predicted octanol–water partition coefficient (Wildman–Crippen LogP) is 2.07. The maximum Gasteiger partial charge on any atom is 0.404 e. The van der Waals surface area contributed by atoms with E-state index in [1.54, 1.807) is 0 Å². The smallest absolute Gasteiger partial charge is 0.333 e. The molecule has 6 heteroatoms. The van der Waals surface area contributed by atoms with E-state index in [9.17, 15) is 18.0 Å². The van der Waals surface area contributed by atoms with Crippen LogP contribution in [0, 0.1) is 5.41 Å². The highest BCUT2D eigenvalue weighted by Gasteiger charge is 2.62. The van der Waals surface area contributed by atoms with Crippen LogP contribution in [0.5, 0.6) is 0 Å². The van der Waals surface area contributed by atoms with E-state index in [2.05, 4.69) is 5.32 Å². The van der Waals surface area contributed by atoms with E-state index in [1.807, 2.05) is 24.3 Å². The van der Waals surface area contributed by atoms with E-state index in [0.717, 1.165) is 11.1 Å². The van der Waals surface area contributed by atoms with Gasteiger partial charge in [0.2, 0.25) is 5.91 Å². The number of carbonyl (C=O) groups is 1. The van der Waals surface area contributed by atoms with Crippen molar-refractivity contribution < 1.29 is 18.0 Å². The van der Waals surface area contributed by atoms with Gasteiger partial charge >= 0.3 is 6.18 Å². The van der Waals surface area contributed by atoms with Gasteiger partial charge in [-0.2, -0.15) is 13.2 Å². The molecule has 1 aromatic rings. The Morgan fingerprint density at radius 3 is 2.25 bits per heavy atom. The van der Waals surface area contributed by atoms with Crippen LogP contribution in [0.4, 0.5) is 13.2 Å². The Labute approximate surface area is 114 Å². The Morgan fingerprint density at radius 2 is 1.80 bits per heavy atom. The number of carbonyl (C=O) groups excluding carboxylic acids is 1. The number of rotatable bonds is 1. The van der Waals surface area contributed by atoms with Crippen LogP contribution in [0.15, 0.2) is 24.3 Å². The van der Waals surface area contributed by atoms with Gasteiger partial charge in [0.25, 0.3) is 0 Å². The molecule has 0 spiro atoms. The fraction of sp³-hybridized carbons (Fsp3) is 0.500. The van der Waals surface area contributed by atoms with Gasteiger partial charge in [0.15, 0.2) is 5.41 Å². The van der Waals surface area contributed by atoms with Crippen LogP contribution in [-0.4, -0.2) is 30.1 Å². The van der Waals surface area contributed by atoms with E-state index in [1.165, 1.54) is 4.90 Å². The Kier molecular flexibility index (Phi) is 3.01. The molecular weight excluding hydrogens is 269 g/mol. The quantitative estimate of drug-likeness (QED) is 0.856. The van der Waals surface area contributed by atoms with E-state index >= 15 is 0 Å². The number of halogens is 3. The van der Waals surface area contributed by atoms with E-state index < -0.39 is 17.5 Å². The van der Waals surface area contributed by atoms with Crippen LogP contribution in [-0.2, 0) is 17.9 Å². The first-order chi connectivity index (χ1) is 9.44. The summed E-state index contributed by atoms with van der Waals surface area (Å²) in [6.07, 6.45) is -4.69. The Bertz CT molecular complexity index is 510. The first kappa shape index (κ1) is 13.4. The molecule has 2 heterocycles. The largest absolute Gasteiger partial charge is 0.404 e. The lowest BCUT2D eigenvalue weighted by Gasteiger charge is -2.33. The van der Waals surface area contributed by atoms with Crippen LogP contribution < -0.4 is 5.32 Å². The summed E-state index contributed by atoms with van der Waals surface area (Å²) in [6, 6.07) is 7.39. The topological polar surface area (TPSA) is 32.3 Å². The van der Waals surface area contributed by atoms with Crippen LogP contribution in [0.25, 0.3) is 0 Å². The second-order valence-electron chi connectivity index (χ2n) is 5.44. The van der Waals surface area contributed by atoms with Crippen molar-refractivity contribution >= 4 is 5.91 Å². The zero-order chi connectivity index (χ0) is 14.4. The molecule has 108 valence electrons. The number of benzene rings is 1. The highest BCUT2D eigenvalue weighted by atomic mass is 19.4. The molecule has 1 atom stereocenters. The Hall–Kier alpha value is -1.56. The maximum absolute atomic E-state index is 13.4. The van der Waals surface area contributed by atoms with E-state index in [4.69, 9.17) is 0 Å². The molecule has 0 radical (unpaired) electrons. The molecular formula is C14H15F3N2O. The number of nitrogens with zero attached hydrogens (tertiary/aromatic N) is 1. The van der Waals surface area contributed by atoms with Crippen molar-refractivity contribution in [3.8, 4) is 0 Å². The average Bonchev–Trinajstić information content (AvgIpc) is 3.04. The lowest BCUT2D eigenvalue weighted by molar-refractivity contribution is -0.222. The Morgan fingerprint density at radius 1 is 1.20 bits per heavy atom. The Balaban J connectivity index is 1.87. The number of nitrogens with one attached hydrogen (secondary N) is 1. The van der Waals surface area contributed by atoms with Crippen molar-refractivity contribution in [2.45, 2.75) is 25.7 Å². The number of hydrogen-bond acceptors (Lipinski definition) is 2. The molecule has 2 aliphatic heterocycles. The lowest BCUT2D eigenvalue weighted by atomic mass is 9.84. The zero-order valence-corrected chi connectivity index (χ0v) is 10.8. The monoisotopic (exact) mass is 284 g/mol. The number of hydrogen-bond donors (Lipinski definition) is 1. The second-order valence-corrected chi connectivity index (χ2v) is 5.44. The van der Waals surface area contributed by atoms with Crippen LogP contribution in [0.3, 0.4) is 0 Å². The summed E-state index contributed by atoms with van der Waals surface area (Å²) in [5, 5.41) is 2.68. The molecule has 3 rings (SSSR count). The normalized spacial score (nSPS) is 25.9. The van der Waals surface area contributed by atoms with Crippen molar-refractivity contribution in [2.75, 3.05) is 13.1 Å². The van der Waals surface area contributed by atoms with Gasteiger partial charge in [-0.25, -0.2) is 0 Å². The summed E-state index contributed by atoms with van der Waals surface area (Å²) in [5.41, 5.74) is -0.386. The molecule has 20 heavy (non-hydrogen) atoms.